The van der Waals surface area contributed by atoms with Gasteiger partial charge in [-0.1, -0.05) is 44.2 Å². The molecule has 0 saturated heterocycles. The fourth-order valence-corrected chi connectivity index (χ4v) is 3.50. The Morgan fingerprint density at radius 2 is 2.04 bits per heavy atom. The monoisotopic (exact) mass is 325 g/mol. The third-order valence-corrected chi connectivity index (χ3v) is 4.81. The number of fused-ring (bicyclic) bond motifs is 1. The Balaban J connectivity index is 1.80. The fourth-order valence-electron chi connectivity index (χ4n) is 3.50. The van der Waals surface area contributed by atoms with Crippen LogP contribution in [0.2, 0.25) is 0 Å². The van der Waals surface area contributed by atoms with E-state index in [1.54, 1.807) is 0 Å². The van der Waals surface area contributed by atoms with Gasteiger partial charge in [0.1, 0.15) is 5.82 Å². The molecule has 1 aliphatic rings. The van der Waals surface area contributed by atoms with Crippen molar-refractivity contribution in [1.82, 2.24) is 9.78 Å². The number of carbonyl (C=O) groups is 1. The van der Waals surface area contributed by atoms with Gasteiger partial charge in [0.05, 0.1) is 5.69 Å². The first kappa shape index (κ1) is 16.7. The molecular weight excluding hydrogens is 298 g/mol. The van der Waals surface area contributed by atoms with Gasteiger partial charge in [-0.3, -0.25) is 4.79 Å². The molecule has 1 aromatic carbocycles. The maximum atomic E-state index is 12.2. The summed E-state index contributed by atoms with van der Waals surface area (Å²) in [5, 5.41) is 7.77. The minimum atomic E-state index is 0.117. The molecule has 0 aliphatic carbocycles. The summed E-state index contributed by atoms with van der Waals surface area (Å²) in [5.74, 6) is 1.94. The van der Waals surface area contributed by atoms with Crippen molar-refractivity contribution >= 4 is 11.7 Å². The summed E-state index contributed by atoms with van der Waals surface area (Å²) in [7, 11) is 0. The number of aryl methyl sites for hydroxylation is 3. The molecule has 0 spiro atoms. The average Bonchev–Trinajstić information content (AvgIpc) is 2.87. The number of nitrogens with one attached hydrogen (secondary N) is 1. The van der Waals surface area contributed by atoms with Crippen LogP contribution >= 0.6 is 0 Å². The van der Waals surface area contributed by atoms with E-state index in [2.05, 4.69) is 50.4 Å². The van der Waals surface area contributed by atoms with Crippen LogP contribution < -0.4 is 5.32 Å². The number of anilines is 1. The molecule has 1 amide bonds. The van der Waals surface area contributed by atoms with Crippen LogP contribution in [0.15, 0.2) is 30.3 Å². The summed E-state index contributed by atoms with van der Waals surface area (Å²) in [6, 6.07) is 10.5. The van der Waals surface area contributed by atoms with Gasteiger partial charge in [-0.25, -0.2) is 4.68 Å². The zero-order valence-electron chi connectivity index (χ0n) is 14.9. The van der Waals surface area contributed by atoms with E-state index in [9.17, 15) is 4.79 Å². The Kier molecular flexibility index (Phi) is 5.03. The van der Waals surface area contributed by atoms with Crippen molar-refractivity contribution in [3.05, 3.63) is 47.2 Å². The van der Waals surface area contributed by atoms with Crippen LogP contribution in [-0.2, 0) is 17.8 Å². The largest absolute Gasteiger partial charge is 0.311 e. The van der Waals surface area contributed by atoms with Gasteiger partial charge in [-0.05, 0) is 43.6 Å². The van der Waals surface area contributed by atoms with E-state index in [0.29, 0.717) is 12.3 Å². The third kappa shape index (κ3) is 3.69. The number of aromatic nitrogens is 2. The molecule has 2 aromatic rings. The van der Waals surface area contributed by atoms with Crippen LogP contribution in [0.1, 0.15) is 55.8 Å². The Bertz CT molecular complexity index is 703. The van der Waals surface area contributed by atoms with E-state index in [1.807, 2.05) is 10.7 Å². The van der Waals surface area contributed by atoms with E-state index in [1.165, 1.54) is 11.1 Å². The molecule has 3 rings (SSSR count). The van der Waals surface area contributed by atoms with Crippen molar-refractivity contribution in [1.29, 1.82) is 0 Å². The molecule has 4 heteroatoms. The summed E-state index contributed by atoms with van der Waals surface area (Å²) in [6.07, 6.45) is 3.62. The van der Waals surface area contributed by atoms with Gasteiger partial charge in [0.25, 0.3) is 0 Å². The lowest BCUT2D eigenvalue weighted by atomic mass is 9.87. The molecule has 24 heavy (non-hydrogen) atoms. The fraction of sp³-hybridized carbons (Fsp3) is 0.500. The summed E-state index contributed by atoms with van der Waals surface area (Å²) in [5.41, 5.74) is 3.64. The highest BCUT2D eigenvalue weighted by Gasteiger charge is 2.30. The number of hydrogen-bond donors (Lipinski definition) is 1. The Morgan fingerprint density at radius 1 is 1.29 bits per heavy atom. The summed E-state index contributed by atoms with van der Waals surface area (Å²) >= 11 is 0. The molecule has 1 aromatic heterocycles. The number of rotatable bonds is 6. The van der Waals surface area contributed by atoms with Crippen molar-refractivity contribution in [2.24, 2.45) is 5.92 Å². The van der Waals surface area contributed by atoms with E-state index in [-0.39, 0.29) is 11.8 Å². The lowest BCUT2D eigenvalue weighted by Crippen LogP contribution is -2.25. The Labute approximate surface area is 144 Å². The molecule has 2 heterocycles. The maximum Gasteiger partial charge on any atom is 0.226 e. The van der Waals surface area contributed by atoms with Crippen molar-refractivity contribution in [2.75, 3.05) is 5.32 Å². The van der Waals surface area contributed by atoms with Crippen LogP contribution in [-0.4, -0.2) is 15.7 Å². The molecule has 128 valence electrons. The number of carbonyl (C=O) groups excluding carboxylic acids is 1. The second-order valence-corrected chi connectivity index (χ2v) is 7.23. The second-order valence-electron chi connectivity index (χ2n) is 7.23. The number of amides is 1. The first-order valence-corrected chi connectivity index (χ1v) is 8.95. The van der Waals surface area contributed by atoms with Crippen molar-refractivity contribution in [3.8, 4) is 0 Å². The molecule has 1 atom stereocenters. The molecule has 0 saturated carbocycles. The quantitative estimate of drug-likeness (QED) is 0.861. The lowest BCUT2D eigenvalue weighted by Gasteiger charge is -2.24. The number of benzene rings is 1. The highest BCUT2D eigenvalue weighted by Crippen LogP contribution is 2.37. The Morgan fingerprint density at radius 3 is 2.75 bits per heavy atom. The number of nitrogens with zero attached hydrogens (tertiary/aromatic N) is 2. The second kappa shape index (κ2) is 7.20. The first-order valence-electron chi connectivity index (χ1n) is 8.95. The molecule has 0 unspecified atom stereocenters. The normalized spacial score (nSPS) is 17.0. The van der Waals surface area contributed by atoms with Crippen molar-refractivity contribution in [2.45, 2.75) is 58.9 Å². The van der Waals surface area contributed by atoms with Gasteiger partial charge in [0, 0.05) is 18.5 Å². The first-order chi connectivity index (χ1) is 11.5. The predicted octanol–water partition coefficient (Wildman–Crippen LogP) is 4.30. The standard InChI is InChI=1S/C20H27N3O/c1-14(2)11-12-23-20-19(15(3)22-23)17(13-18(24)21-20)10-9-16-7-5-4-6-8-16/h4-8,14,17H,9-13H2,1-3H3,(H,21,24)/t17-/m1/s1. The van der Waals surface area contributed by atoms with E-state index in [4.69, 9.17) is 5.10 Å². The minimum Gasteiger partial charge on any atom is -0.311 e. The molecule has 0 bridgehead atoms. The predicted molar refractivity (Wildman–Crippen MR) is 97.2 cm³/mol. The van der Waals surface area contributed by atoms with Crippen molar-refractivity contribution in [3.63, 3.8) is 0 Å². The average molecular weight is 325 g/mol. The lowest BCUT2D eigenvalue weighted by molar-refractivity contribution is -0.116. The van der Waals surface area contributed by atoms with Crippen molar-refractivity contribution < 1.29 is 4.79 Å². The van der Waals surface area contributed by atoms with Crippen LogP contribution in [0.5, 0.6) is 0 Å². The Hall–Kier alpha value is -2.10. The van der Waals surface area contributed by atoms with Gasteiger partial charge in [0.2, 0.25) is 5.91 Å². The van der Waals surface area contributed by atoms with E-state index < -0.39 is 0 Å². The zero-order valence-corrected chi connectivity index (χ0v) is 14.9. The molecular formula is C20H27N3O. The topological polar surface area (TPSA) is 46.9 Å². The van der Waals surface area contributed by atoms with Crippen LogP contribution in [0, 0.1) is 12.8 Å². The van der Waals surface area contributed by atoms with Crippen LogP contribution in [0.25, 0.3) is 0 Å². The van der Waals surface area contributed by atoms with Crippen LogP contribution in [0.4, 0.5) is 5.82 Å². The maximum absolute atomic E-state index is 12.2. The minimum absolute atomic E-state index is 0.117. The van der Waals surface area contributed by atoms with Gasteiger partial charge in [-0.15, -0.1) is 0 Å². The SMILES string of the molecule is Cc1nn(CCC(C)C)c2c1[C@H](CCc1ccccc1)CC(=O)N2. The molecule has 4 nitrogen and oxygen atoms in total. The third-order valence-electron chi connectivity index (χ3n) is 4.81. The van der Waals surface area contributed by atoms with Crippen LogP contribution in [0.3, 0.4) is 0 Å². The smallest absolute Gasteiger partial charge is 0.226 e. The number of hydrogen-bond acceptors (Lipinski definition) is 2. The van der Waals surface area contributed by atoms with E-state index >= 15 is 0 Å². The van der Waals surface area contributed by atoms with E-state index in [0.717, 1.165) is 37.3 Å². The van der Waals surface area contributed by atoms with Gasteiger partial charge in [0.15, 0.2) is 0 Å². The van der Waals surface area contributed by atoms with Gasteiger partial charge >= 0.3 is 0 Å². The summed E-state index contributed by atoms with van der Waals surface area (Å²) in [4.78, 5) is 12.2. The van der Waals surface area contributed by atoms with Gasteiger partial charge < -0.3 is 5.32 Å². The van der Waals surface area contributed by atoms with Gasteiger partial charge in [-0.2, -0.15) is 5.10 Å². The summed E-state index contributed by atoms with van der Waals surface area (Å²) in [6.45, 7) is 7.35. The molecule has 0 radical (unpaired) electrons. The zero-order chi connectivity index (χ0) is 17.1. The molecule has 1 N–H and O–H groups in total. The summed E-state index contributed by atoms with van der Waals surface area (Å²) < 4.78 is 2.00. The highest BCUT2D eigenvalue weighted by molar-refractivity contribution is 5.94. The molecule has 1 aliphatic heterocycles. The highest BCUT2D eigenvalue weighted by atomic mass is 16.1. The molecule has 0 fully saturated rings.